The maximum atomic E-state index is 3.78. The van der Waals surface area contributed by atoms with Crippen LogP contribution in [0.15, 0.2) is 0 Å². The minimum absolute atomic E-state index is 0.486. The van der Waals surface area contributed by atoms with Gasteiger partial charge in [0.05, 0.1) is 0 Å². The van der Waals surface area contributed by atoms with E-state index in [4.69, 9.17) is 0 Å². The van der Waals surface area contributed by atoms with Crippen molar-refractivity contribution in [2.75, 3.05) is 13.1 Å². The summed E-state index contributed by atoms with van der Waals surface area (Å²) in [5, 5.41) is 3.78. The topological polar surface area (TPSA) is 15.3 Å². The largest absolute Gasteiger partial charge is 0.311 e. The van der Waals surface area contributed by atoms with E-state index in [1.165, 1.54) is 64.5 Å². The molecule has 0 bridgehead atoms. The lowest BCUT2D eigenvalue weighted by Gasteiger charge is -2.40. The van der Waals surface area contributed by atoms with E-state index in [2.05, 4.69) is 31.0 Å². The van der Waals surface area contributed by atoms with E-state index >= 15 is 0 Å². The van der Waals surface area contributed by atoms with Crippen molar-refractivity contribution in [1.29, 1.82) is 0 Å². The van der Waals surface area contributed by atoms with Crippen LogP contribution in [0.4, 0.5) is 0 Å². The Bertz CT molecular complexity index is 243. The molecule has 2 aliphatic rings. The van der Waals surface area contributed by atoms with Gasteiger partial charge in [0.25, 0.3) is 0 Å². The summed E-state index contributed by atoms with van der Waals surface area (Å²) in [7, 11) is 0. The van der Waals surface area contributed by atoms with Crippen LogP contribution in [0, 0.1) is 0 Å². The molecule has 0 spiro atoms. The Hall–Kier alpha value is -0.0800. The number of likely N-dealkylation sites (tertiary alicyclic amines) is 1. The standard InChI is InChI=1S/C16H32N2/c1-4-16(10-7-12-17-16)11-9-15-8-5-6-13-18(15)14(2)3/h14-15,17H,4-13H2,1-3H3. The molecule has 106 valence electrons. The predicted molar refractivity (Wildman–Crippen MR) is 79.0 cm³/mol. The lowest BCUT2D eigenvalue weighted by molar-refractivity contribution is 0.0963. The lowest BCUT2D eigenvalue weighted by Crippen LogP contribution is -2.46. The van der Waals surface area contributed by atoms with Gasteiger partial charge in [0, 0.05) is 17.6 Å². The Labute approximate surface area is 114 Å². The molecule has 0 aromatic rings. The average molecular weight is 252 g/mol. The normalized spacial score (nSPS) is 34.3. The third kappa shape index (κ3) is 3.27. The van der Waals surface area contributed by atoms with E-state index in [1.54, 1.807) is 0 Å². The Morgan fingerprint density at radius 1 is 1.28 bits per heavy atom. The maximum absolute atomic E-state index is 3.78. The van der Waals surface area contributed by atoms with Crippen LogP contribution in [0.3, 0.4) is 0 Å². The van der Waals surface area contributed by atoms with Crippen LogP contribution in [0.25, 0.3) is 0 Å². The zero-order chi connectivity index (χ0) is 13.0. The molecular formula is C16H32N2. The summed E-state index contributed by atoms with van der Waals surface area (Å²) in [6, 6.07) is 1.58. The fourth-order valence-corrected chi connectivity index (χ4v) is 4.02. The van der Waals surface area contributed by atoms with Crippen molar-refractivity contribution in [2.45, 2.75) is 89.8 Å². The molecule has 2 nitrogen and oxygen atoms in total. The van der Waals surface area contributed by atoms with Gasteiger partial charge in [0.1, 0.15) is 0 Å². The van der Waals surface area contributed by atoms with Crippen molar-refractivity contribution in [3.8, 4) is 0 Å². The van der Waals surface area contributed by atoms with Crippen LogP contribution in [0.5, 0.6) is 0 Å². The number of nitrogens with zero attached hydrogens (tertiary/aromatic N) is 1. The fourth-order valence-electron chi connectivity index (χ4n) is 4.02. The molecule has 2 heteroatoms. The van der Waals surface area contributed by atoms with Gasteiger partial charge in [-0.2, -0.15) is 0 Å². The minimum atomic E-state index is 0.486. The highest BCUT2D eigenvalue weighted by atomic mass is 15.2. The summed E-state index contributed by atoms with van der Waals surface area (Å²) < 4.78 is 0. The van der Waals surface area contributed by atoms with Crippen molar-refractivity contribution in [1.82, 2.24) is 10.2 Å². The molecule has 0 aliphatic carbocycles. The van der Waals surface area contributed by atoms with Crippen LogP contribution in [0.1, 0.15) is 72.1 Å². The molecule has 2 unspecified atom stereocenters. The highest BCUT2D eigenvalue weighted by molar-refractivity contribution is 4.93. The second-order valence-corrected chi connectivity index (χ2v) is 6.68. The van der Waals surface area contributed by atoms with Gasteiger partial charge in [-0.05, 0) is 71.9 Å². The van der Waals surface area contributed by atoms with E-state index in [-0.39, 0.29) is 0 Å². The molecule has 0 aromatic heterocycles. The molecule has 0 radical (unpaired) electrons. The van der Waals surface area contributed by atoms with Gasteiger partial charge in [-0.15, -0.1) is 0 Å². The van der Waals surface area contributed by atoms with Crippen LogP contribution in [-0.4, -0.2) is 35.6 Å². The molecule has 2 fully saturated rings. The molecule has 0 saturated carbocycles. The SMILES string of the molecule is CCC1(CCC2CCCCN2C(C)C)CCCN1. The summed E-state index contributed by atoms with van der Waals surface area (Å²) in [5.41, 5.74) is 0.486. The first kappa shape index (κ1) is 14.3. The van der Waals surface area contributed by atoms with Gasteiger partial charge in [0.2, 0.25) is 0 Å². The molecule has 1 N–H and O–H groups in total. The average Bonchev–Trinajstić information content (AvgIpc) is 2.86. The van der Waals surface area contributed by atoms with E-state index in [1.807, 2.05) is 0 Å². The molecule has 0 amide bonds. The fraction of sp³-hybridized carbons (Fsp3) is 1.00. The zero-order valence-electron chi connectivity index (χ0n) is 12.7. The van der Waals surface area contributed by atoms with E-state index in [0.717, 1.165) is 12.1 Å². The van der Waals surface area contributed by atoms with Crippen LogP contribution < -0.4 is 5.32 Å². The first-order chi connectivity index (χ1) is 8.67. The smallest absolute Gasteiger partial charge is 0.0180 e. The minimum Gasteiger partial charge on any atom is -0.311 e. The van der Waals surface area contributed by atoms with Crippen molar-refractivity contribution < 1.29 is 0 Å². The highest BCUT2D eigenvalue weighted by Gasteiger charge is 2.33. The third-order valence-electron chi connectivity index (χ3n) is 5.30. The van der Waals surface area contributed by atoms with Crippen LogP contribution in [-0.2, 0) is 0 Å². The van der Waals surface area contributed by atoms with E-state index in [0.29, 0.717) is 5.54 Å². The van der Waals surface area contributed by atoms with Crippen LogP contribution in [0.2, 0.25) is 0 Å². The van der Waals surface area contributed by atoms with Gasteiger partial charge in [-0.1, -0.05) is 13.3 Å². The van der Waals surface area contributed by atoms with E-state index < -0.39 is 0 Å². The van der Waals surface area contributed by atoms with Crippen molar-refractivity contribution in [3.05, 3.63) is 0 Å². The molecule has 2 heterocycles. The maximum Gasteiger partial charge on any atom is 0.0180 e. The highest BCUT2D eigenvalue weighted by Crippen LogP contribution is 2.31. The number of piperidine rings is 1. The summed E-state index contributed by atoms with van der Waals surface area (Å²) >= 11 is 0. The second-order valence-electron chi connectivity index (χ2n) is 6.68. The number of hydrogen-bond donors (Lipinski definition) is 1. The summed E-state index contributed by atoms with van der Waals surface area (Å²) in [5.74, 6) is 0. The van der Waals surface area contributed by atoms with Gasteiger partial charge < -0.3 is 5.32 Å². The number of rotatable bonds is 5. The Morgan fingerprint density at radius 3 is 2.72 bits per heavy atom. The van der Waals surface area contributed by atoms with Gasteiger partial charge in [0.15, 0.2) is 0 Å². The van der Waals surface area contributed by atoms with Crippen molar-refractivity contribution in [2.24, 2.45) is 0 Å². The molecule has 18 heavy (non-hydrogen) atoms. The monoisotopic (exact) mass is 252 g/mol. The second kappa shape index (κ2) is 6.38. The van der Waals surface area contributed by atoms with Gasteiger partial charge >= 0.3 is 0 Å². The first-order valence-electron chi connectivity index (χ1n) is 8.18. The number of nitrogens with one attached hydrogen (secondary N) is 1. The molecule has 2 aliphatic heterocycles. The molecule has 2 rings (SSSR count). The Kier molecular flexibility index (Phi) is 5.08. The quantitative estimate of drug-likeness (QED) is 0.805. The Balaban J connectivity index is 1.87. The molecule has 0 aromatic carbocycles. The predicted octanol–water partition coefficient (Wildman–Crippen LogP) is 3.56. The summed E-state index contributed by atoms with van der Waals surface area (Å²) in [6.45, 7) is 9.66. The summed E-state index contributed by atoms with van der Waals surface area (Å²) in [6.07, 6.45) is 11.2. The molecule has 2 saturated heterocycles. The first-order valence-corrected chi connectivity index (χ1v) is 8.18. The zero-order valence-corrected chi connectivity index (χ0v) is 12.7. The lowest BCUT2D eigenvalue weighted by atomic mass is 9.85. The van der Waals surface area contributed by atoms with E-state index in [9.17, 15) is 0 Å². The van der Waals surface area contributed by atoms with Gasteiger partial charge in [-0.25, -0.2) is 0 Å². The third-order valence-corrected chi connectivity index (χ3v) is 5.30. The number of hydrogen-bond acceptors (Lipinski definition) is 2. The van der Waals surface area contributed by atoms with Crippen molar-refractivity contribution >= 4 is 0 Å². The Morgan fingerprint density at radius 2 is 2.11 bits per heavy atom. The van der Waals surface area contributed by atoms with Crippen molar-refractivity contribution in [3.63, 3.8) is 0 Å². The van der Waals surface area contributed by atoms with Crippen LogP contribution >= 0.6 is 0 Å². The molecular weight excluding hydrogens is 220 g/mol. The summed E-state index contributed by atoms with van der Waals surface area (Å²) in [4.78, 5) is 2.75. The molecule has 2 atom stereocenters. The van der Waals surface area contributed by atoms with Gasteiger partial charge in [-0.3, -0.25) is 4.90 Å².